The summed E-state index contributed by atoms with van der Waals surface area (Å²) in [5.41, 5.74) is -0.909. The third kappa shape index (κ3) is 4.65. The summed E-state index contributed by atoms with van der Waals surface area (Å²) in [4.78, 5) is -3.27. The van der Waals surface area contributed by atoms with Crippen LogP contribution in [0.15, 0.2) is 21.9 Å². The number of benzene rings is 1. The fourth-order valence-corrected chi connectivity index (χ4v) is 3.91. The summed E-state index contributed by atoms with van der Waals surface area (Å²) < 4.78 is 103. The van der Waals surface area contributed by atoms with Gasteiger partial charge in [0.1, 0.15) is 22.5 Å². The van der Waals surface area contributed by atoms with E-state index in [9.17, 15) is 32.6 Å². The lowest BCUT2D eigenvalue weighted by atomic mass is 10.3. The Morgan fingerprint density at radius 1 is 1.11 bits per heavy atom. The molecule has 0 radical (unpaired) electrons. The van der Waals surface area contributed by atoms with E-state index in [-0.39, 0.29) is 12.1 Å². The van der Waals surface area contributed by atoms with E-state index in [1.807, 2.05) is 0 Å². The lowest BCUT2D eigenvalue weighted by Crippen LogP contribution is -2.09. The first-order valence-corrected chi connectivity index (χ1v) is 9.64. The smallest absolute Gasteiger partial charge is 0.383 e. The van der Waals surface area contributed by atoms with Crippen LogP contribution in [0.25, 0.3) is 5.69 Å². The standard InChI is InChI=1S/C11H4Cl2F8N4S2/c12-5-1-4(27(17,18,19,20)21)2-6(13)8(5)25-10(23)9(7(3-22)24-25)26-11(14,15)16/h1-2H,23H2. The molecule has 2 N–H and O–H groups in total. The van der Waals surface area contributed by atoms with Gasteiger partial charge in [-0.15, -0.1) is 0 Å². The molecule has 0 aliphatic carbocycles. The first kappa shape index (κ1) is 21.7. The summed E-state index contributed by atoms with van der Waals surface area (Å²) in [6, 6.07) is 1.01. The van der Waals surface area contributed by atoms with Crippen molar-refractivity contribution in [2.75, 3.05) is 5.73 Å². The number of hydrogen-bond donors (Lipinski definition) is 1. The second kappa shape index (κ2) is 5.72. The van der Waals surface area contributed by atoms with Gasteiger partial charge in [0.25, 0.3) is 0 Å². The number of halogens is 10. The van der Waals surface area contributed by atoms with E-state index in [0.29, 0.717) is 4.68 Å². The van der Waals surface area contributed by atoms with E-state index in [1.165, 1.54) is 6.07 Å². The van der Waals surface area contributed by atoms with Crippen LogP contribution in [0.4, 0.5) is 38.4 Å². The number of nitriles is 1. The van der Waals surface area contributed by atoms with Gasteiger partial charge in [-0.25, -0.2) is 4.68 Å². The van der Waals surface area contributed by atoms with E-state index >= 15 is 0 Å². The van der Waals surface area contributed by atoms with Gasteiger partial charge in [-0.2, -0.15) is 23.5 Å². The van der Waals surface area contributed by atoms with Crippen LogP contribution in [0.1, 0.15) is 5.69 Å². The van der Waals surface area contributed by atoms with Gasteiger partial charge in [0, 0.05) is 0 Å². The highest BCUT2D eigenvalue weighted by Crippen LogP contribution is 3.02. The molecule has 2 rings (SSSR count). The summed E-state index contributed by atoms with van der Waals surface area (Å²) >= 11 is 10.4. The first-order valence-electron chi connectivity index (χ1n) is 6.12. The molecule has 0 aliphatic rings. The number of thioether (sulfide) groups is 1. The van der Waals surface area contributed by atoms with Crippen molar-refractivity contribution in [1.29, 1.82) is 5.26 Å². The summed E-state index contributed by atoms with van der Waals surface area (Å²) in [5.74, 6) is -0.822. The fraction of sp³-hybridized carbons (Fsp3) is 0.0909. The Labute approximate surface area is 159 Å². The van der Waals surface area contributed by atoms with Crippen LogP contribution >= 0.6 is 45.2 Å². The molecule has 150 valence electrons. The average molecular weight is 479 g/mol. The molecule has 2 aromatic rings. The van der Waals surface area contributed by atoms with Crippen molar-refractivity contribution < 1.29 is 32.6 Å². The van der Waals surface area contributed by atoms with Crippen LogP contribution in [0.5, 0.6) is 0 Å². The number of nitrogens with two attached hydrogens (primary N) is 1. The molecule has 4 nitrogen and oxygen atoms in total. The third-order valence-corrected chi connectivity index (χ3v) is 5.39. The van der Waals surface area contributed by atoms with Crippen molar-refractivity contribution >= 4 is 51.0 Å². The van der Waals surface area contributed by atoms with Crippen LogP contribution < -0.4 is 5.73 Å². The van der Waals surface area contributed by atoms with Crippen molar-refractivity contribution in [2.45, 2.75) is 15.3 Å². The van der Waals surface area contributed by atoms with E-state index in [4.69, 9.17) is 34.2 Å². The molecule has 1 aromatic carbocycles. The number of alkyl halides is 3. The Morgan fingerprint density at radius 3 is 1.96 bits per heavy atom. The first-order chi connectivity index (χ1) is 11.8. The molecule has 0 spiro atoms. The van der Waals surface area contributed by atoms with Crippen molar-refractivity contribution in [3.63, 3.8) is 0 Å². The van der Waals surface area contributed by atoms with Gasteiger partial charge in [-0.3, -0.25) is 0 Å². The Morgan fingerprint density at radius 2 is 1.59 bits per heavy atom. The number of anilines is 1. The molecule has 0 fully saturated rings. The SMILES string of the molecule is N#Cc1nn(-c2c(Cl)cc(S(F)(F)(F)(F)F)cc2Cl)c(N)c1SC(F)(F)F. The number of nitrogens with zero attached hydrogens (tertiary/aromatic N) is 3. The number of rotatable bonds is 3. The second-order valence-electron chi connectivity index (χ2n) is 4.84. The van der Waals surface area contributed by atoms with Crippen molar-refractivity contribution in [3.8, 4) is 11.8 Å². The minimum absolute atomic E-state index is 0.159. The van der Waals surface area contributed by atoms with Crippen LogP contribution in [-0.2, 0) is 0 Å². The normalized spacial score (nSPS) is 15.1. The third-order valence-electron chi connectivity index (χ3n) is 2.85. The molecule has 1 heterocycles. The van der Waals surface area contributed by atoms with Crippen molar-refractivity contribution in [1.82, 2.24) is 9.78 Å². The lowest BCUT2D eigenvalue weighted by molar-refractivity contribution is -0.0328. The molecular formula is C11H4Cl2F8N4S2. The second-order valence-corrected chi connectivity index (χ2v) is 9.14. The van der Waals surface area contributed by atoms with Gasteiger partial charge in [0.2, 0.25) is 0 Å². The maximum atomic E-state index is 12.9. The maximum absolute atomic E-state index is 12.9. The Bertz CT molecular complexity index is 955. The molecule has 27 heavy (non-hydrogen) atoms. The maximum Gasteiger partial charge on any atom is 0.446 e. The Balaban J connectivity index is 2.73. The van der Waals surface area contributed by atoms with Gasteiger partial charge < -0.3 is 5.73 Å². The van der Waals surface area contributed by atoms with Gasteiger partial charge in [0.05, 0.1) is 14.9 Å². The number of aromatic nitrogens is 2. The van der Waals surface area contributed by atoms with E-state index in [1.54, 1.807) is 0 Å². The van der Waals surface area contributed by atoms with Crippen LogP contribution in [0.3, 0.4) is 0 Å². The Hall–Kier alpha value is -1.56. The molecule has 0 bridgehead atoms. The van der Waals surface area contributed by atoms with Gasteiger partial charge in [-0.05, 0) is 23.9 Å². The molecule has 0 atom stereocenters. The summed E-state index contributed by atoms with van der Waals surface area (Å²) in [6.45, 7) is 0. The van der Waals surface area contributed by atoms with Crippen molar-refractivity contribution in [2.24, 2.45) is 0 Å². The zero-order valence-corrected chi connectivity index (χ0v) is 15.3. The minimum atomic E-state index is -10.1. The largest absolute Gasteiger partial charge is 0.446 e. The lowest BCUT2D eigenvalue weighted by Gasteiger charge is -2.40. The van der Waals surface area contributed by atoms with E-state index in [0.717, 1.165) is 0 Å². The molecule has 1 aromatic heterocycles. The fourth-order valence-electron chi connectivity index (χ4n) is 1.84. The molecular weight excluding hydrogens is 475 g/mol. The topological polar surface area (TPSA) is 67.6 Å². The monoisotopic (exact) mass is 478 g/mol. The number of hydrogen-bond acceptors (Lipinski definition) is 4. The molecule has 0 unspecified atom stereocenters. The Kier molecular flexibility index (Phi) is 4.61. The highest BCUT2D eigenvalue weighted by molar-refractivity contribution is 8.45. The highest BCUT2D eigenvalue weighted by atomic mass is 35.5. The summed E-state index contributed by atoms with van der Waals surface area (Å²) in [6.07, 6.45) is 0. The van der Waals surface area contributed by atoms with E-state index < -0.39 is 64.5 Å². The summed E-state index contributed by atoms with van der Waals surface area (Å²) in [5, 5.41) is 10.3. The van der Waals surface area contributed by atoms with E-state index in [2.05, 4.69) is 5.10 Å². The quantitative estimate of drug-likeness (QED) is 0.384. The van der Waals surface area contributed by atoms with Gasteiger partial charge >= 0.3 is 15.7 Å². The predicted octanol–water partition coefficient (Wildman–Crippen LogP) is 6.90. The minimum Gasteiger partial charge on any atom is -0.383 e. The van der Waals surface area contributed by atoms with Crippen LogP contribution in [0, 0.1) is 11.3 Å². The van der Waals surface area contributed by atoms with Crippen LogP contribution in [-0.4, -0.2) is 15.3 Å². The molecule has 16 heteroatoms. The number of nitrogen functional groups attached to an aromatic ring is 1. The molecule has 0 aliphatic heterocycles. The molecule has 0 amide bonds. The van der Waals surface area contributed by atoms with Crippen molar-refractivity contribution in [3.05, 3.63) is 27.9 Å². The predicted molar refractivity (Wildman–Crippen MR) is 86.0 cm³/mol. The van der Waals surface area contributed by atoms with Crippen LogP contribution in [0.2, 0.25) is 10.0 Å². The van der Waals surface area contributed by atoms with Gasteiger partial charge in [0.15, 0.2) is 5.69 Å². The molecule has 0 saturated carbocycles. The zero-order valence-electron chi connectivity index (χ0n) is 12.2. The average Bonchev–Trinajstić information content (AvgIpc) is 2.71. The molecule has 0 saturated heterocycles. The summed E-state index contributed by atoms with van der Waals surface area (Å²) in [7, 11) is -10.1. The van der Waals surface area contributed by atoms with Gasteiger partial charge in [-0.1, -0.05) is 42.6 Å². The highest BCUT2D eigenvalue weighted by Gasteiger charge is 2.65. The zero-order chi connectivity index (χ0) is 21.1.